The number of benzene rings is 1. The number of rotatable bonds is 3. The molecule has 0 saturated carbocycles. The third-order valence-corrected chi connectivity index (χ3v) is 5.16. The van der Waals surface area contributed by atoms with E-state index in [1.54, 1.807) is 9.58 Å². The molecule has 1 aliphatic rings. The fraction of sp³-hybridized carbons (Fsp3) is 0.235. The molecule has 1 fully saturated rings. The minimum atomic E-state index is -0.0791. The second kappa shape index (κ2) is 6.29. The van der Waals surface area contributed by atoms with Crippen molar-refractivity contribution in [3.8, 4) is 0 Å². The molecule has 6 heteroatoms. The lowest BCUT2D eigenvalue weighted by atomic mass is 10.1. The van der Waals surface area contributed by atoms with E-state index < -0.39 is 0 Å². The van der Waals surface area contributed by atoms with Crippen LogP contribution in [0.5, 0.6) is 0 Å². The van der Waals surface area contributed by atoms with Crippen LogP contribution in [0, 0.1) is 6.92 Å². The maximum absolute atomic E-state index is 12.8. The molecular weight excluding hydrogens is 326 g/mol. The zero-order chi connectivity index (χ0) is 16.6. The van der Waals surface area contributed by atoms with Crippen LogP contribution in [0.25, 0.3) is 6.08 Å². The van der Waals surface area contributed by atoms with E-state index in [0.717, 1.165) is 16.8 Å². The first kappa shape index (κ1) is 16.0. The second-order valence-corrected chi connectivity index (χ2v) is 7.16. The summed E-state index contributed by atoms with van der Waals surface area (Å²) in [6, 6.07) is 9.85. The molecular formula is C17H17N3OS2. The summed E-state index contributed by atoms with van der Waals surface area (Å²) in [7, 11) is 1.87. The van der Waals surface area contributed by atoms with E-state index in [4.69, 9.17) is 12.2 Å². The van der Waals surface area contributed by atoms with Crippen molar-refractivity contribution >= 4 is 40.3 Å². The highest BCUT2D eigenvalue weighted by Gasteiger charge is 2.36. The molecule has 23 heavy (non-hydrogen) atoms. The summed E-state index contributed by atoms with van der Waals surface area (Å²) in [5.74, 6) is -0.0420. The Morgan fingerprint density at radius 1 is 1.30 bits per heavy atom. The average molecular weight is 343 g/mol. The molecule has 0 N–H and O–H groups in total. The van der Waals surface area contributed by atoms with Gasteiger partial charge in [0.2, 0.25) is 0 Å². The zero-order valence-electron chi connectivity index (χ0n) is 13.2. The van der Waals surface area contributed by atoms with Gasteiger partial charge < -0.3 is 0 Å². The zero-order valence-corrected chi connectivity index (χ0v) is 14.8. The average Bonchev–Trinajstić information content (AvgIpc) is 2.99. The fourth-order valence-corrected chi connectivity index (χ4v) is 4.00. The number of carbonyl (C=O) groups excluding carboxylic acids is 1. The van der Waals surface area contributed by atoms with E-state index in [9.17, 15) is 4.79 Å². The van der Waals surface area contributed by atoms with Crippen LogP contribution in [0.15, 0.2) is 41.4 Å². The Hall–Kier alpha value is -1.92. The number of nitrogens with zero attached hydrogens (tertiary/aromatic N) is 3. The normalized spacial score (nSPS) is 18.0. The number of aromatic nitrogens is 2. The largest absolute Gasteiger partial charge is 0.286 e. The predicted molar refractivity (Wildman–Crippen MR) is 97.8 cm³/mol. The number of hydrogen-bond acceptors (Lipinski definition) is 4. The van der Waals surface area contributed by atoms with Crippen molar-refractivity contribution in [2.24, 2.45) is 7.05 Å². The molecule has 1 unspecified atom stereocenters. The van der Waals surface area contributed by atoms with Gasteiger partial charge in [-0.25, -0.2) is 0 Å². The lowest BCUT2D eigenvalue weighted by Gasteiger charge is -2.23. The van der Waals surface area contributed by atoms with E-state index in [0.29, 0.717) is 9.23 Å². The fourth-order valence-electron chi connectivity index (χ4n) is 2.60. The molecule has 118 valence electrons. The molecule has 1 aromatic carbocycles. The first-order valence-corrected chi connectivity index (χ1v) is 8.52. The Labute approximate surface area is 145 Å². The van der Waals surface area contributed by atoms with Gasteiger partial charge in [0.05, 0.1) is 16.6 Å². The molecule has 1 amide bonds. The van der Waals surface area contributed by atoms with Gasteiger partial charge in [-0.15, -0.1) is 0 Å². The van der Waals surface area contributed by atoms with E-state index in [1.165, 1.54) is 11.8 Å². The number of thioether (sulfide) groups is 1. The maximum atomic E-state index is 12.8. The van der Waals surface area contributed by atoms with Crippen LogP contribution in [-0.4, -0.2) is 24.9 Å². The number of hydrogen-bond donors (Lipinski definition) is 0. The maximum Gasteiger partial charge on any atom is 0.266 e. The summed E-state index contributed by atoms with van der Waals surface area (Å²) in [5, 5.41) is 4.30. The summed E-state index contributed by atoms with van der Waals surface area (Å²) in [6.07, 6.45) is 3.78. The quantitative estimate of drug-likeness (QED) is 0.629. The van der Waals surface area contributed by atoms with Gasteiger partial charge in [0.25, 0.3) is 5.91 Å². The summed E-state index contributed by atoms with van der Waals surface area (Å²) < 4.78 is 2.34. The Balaban J connectivity index is 1.90. The molecule has 1 aromatic heterocycles. The molecule has 1 aliphatic heterocycles. The Morgan fingerprint density at radius 3 is 2.61 bits per heavy atom. The number of aryl methyl sites for hydroxylation is 2. The lowest BCUT2D eigenvalue weighted by Crippen LogP contribution is -2.30. The summed E-state index contributed by atoms with van der Waals surface area (Å²) in [4.78, 5) is 15.1. The topological polar surface area (TPSA) is 38.1 Å². The molecule has 0 radical (unpaired) electrons. The van der Waals surface area contributed by atoms with E-state index >= 15 is 0 Å². The minimum Gasteiger partial charge on any atom is -0.286 e. The van der Waals surface area contributed by atoms with Crippen molar-refractivity contribution in [3.05, 3.63) is 58.3 Å². The lowest BCUT2D eigenvalue weighted by molar-refractivity contribution is -0.123. The smallest absolute Gasteiger partial charge is 0.266 e. The van der Waals surface area contributed by atoms with Crippen molar-refractivity contribution in [1.29, 1.82) is 0 Å². The molecule has 3 rings (SSSR count). The van der Waals surface area contributed by atoms with E-state index in [-0.39, 0.29) is 11.9 Å². The summed E-state index contributed by atoms with van der Waals surface area (Å²) in [5.41, 5.74) is 2.91. The van der Waals surface area contributed by atoms with Gasteiger partial charge in [0.15, 0.2) is 0 Å². The third-order valence-electron chi connectivity index (χ3n) is 3.83. The van der Waals surface area contributed by atoms with Crippen LogP contribution in [-0.2, 0) is 11.8 Å². The van der Waals surface area contributed by atoms with Crippen LogP contribution in [0.1, 0.15) is 29.8 Å². The number of amides is 1. The van der Waals surface area contributed by atoms with Crippen molar-refractivity contribution in [1.82, 2.24) is 14.7 Å². The molecule has 4 nitrogen and oxygen atoms in total. The first-order valence-electron chi connectivity index (χ1n) is 7.29. The Kier molecular flexibility index (Phi) is 4.37. The van der Waals surface area contributed by atoms with Crippen molar-refractivity contribution in [3.63, 3.8) is 0 Å². The van der Waals surface area contributed by atoms with Crippen molar-refractivity contribution in [2.75, 3.05) is 0 Å². The van der Waals surface area contributed by atoms with Gasteiger partial charge >= 0.3 is 0 Å². The molecule has 1 atom stereocenters. The monoisotopic (exact) mass is 343 g/mol. The standard InChI is InChI=1S/C17H17N3OS2/c1-11-14(10-19(3)18-11)9-15-16(21)20(17(22)23-15)12(2)13-7-5-4-6-8-13/h4-10,12H,1-3H3/b15-9+. The predicted octanol–water partition coefficient (Wildman–Crippen LogP) is 3.69. The number of thiocarbonyl (C=S) groups is 1. The molecule has 2 heterocycles. The van der Waals surface area contributed by atoms with Gasteiger partial charge in [-0.3, -0.25) is 14.4 Å². The summed E-state index contributed by atoms with van der Waals surface area (Å²) in [6.45, 7) is 3.93. The van der Waals surface area contributed by atoms with Gasteiger partial charge in [-0.05, 0) is 25.5 Å². The van der Waals surface area contributed by atoms with Crippen LogP contribution in [0.3, 0.4) is 0 Å². The van der Waals surface area contributed by atoms with Gasteiger partial charge in [0, 0.05) is 18.8 Å². The van der Waals surface area contributed by atoms with Gasteiger partial charge in [-0.2, -0.15) is 5.10 Å². The van der Waals surface area contributed by atoms with Gasteiger partial charge in [0.1, 0.15) is 4.32 Å². The Morgan fingerprint density at radius 2 is 2.00 bits per heavy atom. The SMILES string of the molecule is Cc1nn(C)cc1/C=C1/SC(=S)N(C(C)c2ccccc2)C1=O. The molecule has 0 aliphatic carbocycles. The van der Waals surface area contributed by atoms with Crippen LogP contribution >= 0.6 is 24.0 Å². The van der Waals surface area contributed by atoms with E-state index in [1.807, 2.05) is 63.5 Å². The second-order valence-electron chi connectivity index (χ2n) is 5.48. The summed E-state index contributed by atoms with van der Waals surface area (Å²) >= 11 is 6.78. The highest BCUT2D eigenvalue weighted by molar-refractivity contribution is 8.26. The highest BCUT2D eigenvalue weighted by atomic mass is 32.2. The van der Waals surface area contributed by atoms with Crippen LogP contribution in [0.4, 0.5) is 0 Å². The molecule has 0 spiro atoms. The molecule has 1 saturated heterocycles. The third kappa shape index (κ3) is 3.09. The highest BCUT2D eigenvalue weighted by Crippen LogP contribution is 2.38. The Bertz CT molecular complexity index is 795. The molecule has 2 aromatic rings. The van der Waals surface area contributed by atoms with Crippen LogP contribution in [0.2, 0.25) is 0 Å². The first-order chi connectivity index (χ1) is 11.0. The number of carbonyl (C=O) groups is 1. The van der Waals surface area contributed by atoms with Crippen LogP contribution < -0.4 is 0 Å². The van der Waals surface area contributed by atoms with Crippen molar-refractivity contribution in [2.45, 2.75) is 19.9 Å². The minimum absolute atomic E-state index is 0.0420. The van der Waals surface area contributed by atoms with E-state index in [2.05, 4.69) is 5.10 Å². The van der Waals surface area contributed by atoms with Gasteiger partial charge in [-0.1, -0.05) is 54.3 Å². The van der Waals surface area contributed by atoms with Crippen molar-refractivity contribution < 1.29 is 4.79 Å². The molecule has 0 bridgehead atoms.